The van der Waals surface area contributed by atoms with Gasteiger partial charge in [-0.3, -0.25) is 0 Å². The first-order valence-corrected chi connectivity index (χ1v) is 12.3. The number of aliphatic hydroxyl groups is 2. The first-order chi connectivity index (χ1) is 14.4. The third kappa shape index (κ3) is 5.29. The summed E-state index contributed by atoms with van der Waals surface area (Å²) in [6, 6.07) is 10.3. The predicted molar refractivity (Wildman–Crippen MR) is 123 cm³/mol. The van der Waals surface area contributed by atoms with Crippen molar-refractivity contribution in [3.63, 3.8) is 0 Å². The van der Waals surface area contributed by atoms with E-state index >= 15 is 0 Å². The van der Waals surface area contributed by atoms with E-state index in [4.69, 9.17) is 4.74 Å². The average molecular weight is 417 g/mol. The van der Waals surface area contributed by atoms with E-state index in [1.165, 1.54) is 24.8 Å². The first kappa shape index (κ1) is 23.8. The summed E-state index contributed by atoms with van der Waals surface area (Å²) in [7, 11) is 0. The van der Waals surface area contributed by atoms with Crippen molar-refractivity contribution in [2.75, 3.05) is 6.61 Å². The lowest BCUT2D eigenvalue weighted by Gasteiger charge is -2.50. The van der Waals surface area contributed by atoms with E-state index in [9.17, 15) is 10.2 Å². The fourth-order valence-electron chi connectivity index (χ4n) is 6.82. The third-order valence-electron chi connectivity index (χ3n) is 8.32. The van der Waals surface area contributed by atoms with Gasteiger partial charge >= 0.3 is 0 Å². The molecule has 0 radical (unpaired) electrons. The molecule has 1 aromatic rings. The van der Waals surface area contributed by atoms with Crippen LogP contribution in [0.4, 0.5) is 0 Å². The van der Waals surface area contributed by atoms with Crippen LogP contribution in [0.25, 0.3) is 0 Å². The Labute approximate surface area is 184 Å². The number of benzene rings is 1. The van der Waals surface area contributed by atoms with Crippen LogP contribution in [0.5, 0.6) is 0 Å². The highest BCUT2D eigenvalue weighted by atomic mass is 16.5. The van der Waals surface area contributed by atoms with Crippen LogP contribution in [0.1, 0.15) is 78.2 Å². The lowest BCUT2D eigenvalue weighted by atomic mass is 9.57. The minimum Gasteiger partial charge on any atom is -0.396 e. The Morgan fingerprint density at radius 2 is 1.87 bits per heavy atom. The summed E-state index contributed by atoms with van der Waals surface area (Å²) in [5.41, 5.74) is 1.35. The Hall–Kier alpha value is -0.900. The van der Waals surface area contributed by atoms with Gasteiger partial charge in [0.25, 0.3) is 0 Å². The molecule has 0 aromatic heterocycles. The first-order valence-electron chi connectivity index (χ1n) is 12.3. The second-order valence-electron chi connectivity index (χ2n) is 10.8. The SMILES string of the molecule is CC(C)CCC[C@@H](C)[C@H]1C[C@@H](O)[C@@H]2[C@H](CCO)[C@H](OCc3ccccc3)CC[C@@]21C. The number of aliphatic hydroxyl groups excluding tert-OH is 2. The Kier molecular flexibility index (Phi) is 8.40. The molecule has 3 nitrogen and oxygen atoms in total. The quantitative estimate of drug-likeness (QED) is 0.504. The zero-order chi connectivity index (χ0) is 21.7. The van der Waals surface area contributed by atoms with Gasteiger partial charge in [-0.25, -0.2) is 0 Å². The summed E-state index contributed by atoms with van der Waals surface area (Å²) in [5.74, 6) is 2.45. The largest absolute Gasteiger partial charge is 0.396 e. The van der Waals surface area contributed by atoms with Crippen LogP contribution in [0.15, 0.2) is 30.3 Å². The van der Waals surface area contributed by atoms with E-state index in [-0.39, 0.29) is 36.1 Å². The summed E-state index contributed by atoms with van der Waals surface area (Å²) in [5, 5.41) is 21.0. The van der Waals surface area contributed by atoms with Crippen molar-refractivity contribution in [1.29, 1.82) is 0 Å². The monoisotopic (exact) mass is 416 g/mol. The molecule has 2 aliphatic carbocycles. The molecule has 3 rings (SSSR count). The van der Waals surface area contributed by atoms with E-state index in [0.29, 0.717) is 18.4 Å². The molecule has 0 unspecified atom stereocenters. The molecule has 0 bridgehead atoms. The van der Waals surface area contributed by atoms with E-state index in [2.05, 4.69) is 39.8 Å². The van der Waals surface area contributed by atoms with Crippen molar-refractivity contribution in [3.8, 4) is 0 Å². The van der Waals surface area contributed by atoms with Crippen LogP contribution in [-0.4, -0.2) is 29.0 Å². The Balaban J connectivity index is 1.69. The van der Waals surface area contributed by atoms with Crippen molar-refractivity contribution < 1.29 is 14.9 Å². The van der Waals surface area contributed by atoms with Gasteiger partial charge in [0.05, 0.1) is 18.8 Å². The number of hydrogen-bond donors (Lipinski definition) is 2. The molecule has 2 N–H and O–H groups in total. The Morgan fingerprint density at radius 3 is 2.53 bits per heavy atom. The van der Waals surface area contributed by atoms with E-state index in [1.807, 2.05) is 18.2 Å². The van der Waals surface area contributed by atoms with E-state index < -0.39 is 0 Å². The second-order valence-corrected chi connectivity index (χ2v) is 10.8. The Morgan fingerprint density at radius 1 is 1.13 bits per heavy atom. The van der Waals surface area contributed by atoms with Crippen molar-refractivity contribution in [1.82, 2.24) is 0 Å². The molecule has 1 aromatic carbocycles. The normalized spacial score (nSPS) is 34.8. The van der Waals surface area contributed by atoms with E-state index in [0.717, 1.165) is 31.6 Å². The number of rotatable bonds is 10. The molecule has 30 heavy (non-hydrogen) atoms. The van der Waals surface area contributed by atoms with Gasteiger partial charge in [-0.1, -0.05) is 77.3 Å². The lowest BCUT2D eigenvalue weighted by molar-refractivity contribution is -0.114. The van der Waals surface area contributed by atoms with Crippen molar-refractivity contribution in [2.24, 2.45) is 35.0 Å². The molecular formula is C27H44O3. The standard InChI is InChI=1S/C27H44O3/c1-19(2)9-8-10-20(3)23-17-24(29)26-22(14-16-28)25(13-15-27(23,26)4)30-18-21-11-6-5-7-12-21/h5-7,11-12,19-20,22-26,28-29H,8-10,13-18H2,1-4H3/t20-,22-,23-,24-,25-,26+,27-/m1/s1. The van der Waals surface area contributed by atoms with Crippen LogP contribution in [0.3, 0.4) is 0 Å². The predicted octanol–water partition coefficient (Wildman–Crippen LogP) is 5.83. The minimum atomic E-state index is -0.271. The Bertz CT molecular complexity index is 630. The number of ether oxygens (including phenoxy) is 1. The molecule has 170 valence electrons. The number of fused-ring (bicyclic) bond motifs is 1. The van der Waals surface area contributed by atoms with Crippen molar-refractivity contribution in [3.05, 3.63) is 35.9 Å². The second kappa shape index (κ2) is 10.6. The number of hydrogen-bond acceptors (Lipinski definition) is 3. The summed E-state index contributed by atoms with van der Waals surface area (Å²) in [4.78, 5) is 0. The average Bonchev–Trinajstić information content (AvgIpc) is 2.99. The zero-order valence-corrected chi connectivity index (χ0v) is 19.6. The third-order valence-corrected chi connectivity index (χ3v) is 8.32. The summed E-state index contributed by atoms with van der Waals surface area (Å²) < 4.78 is 6.40. The molecule has 2 fully saturated rings. The summed E-state index contributed by atoms with van der Waals surface area (Å²) in [6.45, 7) is 10.2. The topological polar surface area (TPSA) is 49.7 Å². The van der Waals surface area contributed by atoms with Gasteiger partial charge < -0.3 is 14.9 Å². The molecule has 0 saturated heterocycles. The molecular weight excluding hydrogens is 372 g/mol. The fourth-order valence-corrected chi connectivity index (χ4v) is 6.82. The van der Waals surface area contributed by atoms with Crippen LogP contribution >= 0.6 is 0 Å². The molecule has 0 amide bonds. The highest BCUT2D eigenvalue weighted by Crippen LogP contribution is 2.61. The molecule has 0 spiro atoms. The molecule has 3 heteroatoms. The van der Waals surface area contributed by atoms with Gasteiger partial charge in [0.2, 0.25) is 0 Å². The van der Waals surface area contributed by atoms with Gasteiger partial charge in [-0.05, 0) is 66.3 Å². The van der Waals surface area contributed by atoms with Gasteiger partial charge in [0, 0.05) is 6.61 Å². The highest BCUT2D eigenvalue weighted by Gasteiger charge is 2.58. The zero-order valence-electron chi connectivity index (χ0n) is 19.6. The van der Waals surface area contributed by atoms with Crippen LogP contribution in [-0.2, 0) is 11.3 Å². The molecule has 0 heterocycles. The molecule has 2 saturated carbocycles. The van der Waals surface area contributed by atoms with Crippen molar-refractivity contribution in [2.45, 2.75) is 91.5 Å². The summed E-state index contributed by atoms with van der Waals surface area (Å²) in [6.07, 6.45) is 7.49. The van der Waals surface area contributed by atoms with Gasteiger partial charge in [-0.15, -0.1) is 0 Å². The molecule has 2 aliphatic rings. The lowest BCUT2D eigenvalue weighted by Crippen LogP contribution is -2.48. The van der Waals surface area contributed by atoms with Gasteiger partial charge in [0.15, 0.2) is 0 Å². The molecule has 0 aliphatic heterocycles. The van der Waals surface area contributed by atoms with Crippen LogP contribution in [0.2, 0.25) is 0 Å². The maximum absolute atomic E-state index is 11.2. The maximum atomic E-state index is 11.2. The minimum absolute atomic E-state index is 0.125. The maximum Gasteiger partial charge on any atom is 0.0720 e. The van der Waals surface area contributed by atoms with Crippen LogP contribution < -0.4 is 0 Å². The van der Waals surface area contributed by atoms with Gasteiger partial charge in [-0.2, -0.15) is 0 Å². The molecule has 7 atom stereocenters. The highest BCUT2D eigenvalue weighted by molar-refractivity contribution is 5.14. The van der Waals surface area contributed by atoms with E-state index in [1.54, 1.807) is 0 Å². The smallest absolute Gasteiger partial charge is 0.0720 e. The van der Waals surface area contributed by atoms with Crippen molar-refractivity contribution >= 4 is 0 Å². The fraction of sp³-hybridized carbons (Fsp3) is 0.778. The van der Waals surface area contributed by atoms with Gasteiger partial charge in [0.1, 0.15) is 0 Å². The summed E-state index contributed by atoms with van der Waals surface area (Å²) >= 11 is 0. The van der Waals surface area contributed by atoms with Crippen LogP contribution in [0, 0.1) is 35.0 Å².